The van der Waals surface area contributed by atoms with Crippen molar-refractivity contribution in [3.05, 3.63) is 36.6 Å². The number of anilines is 1. The van der Waals surface area contributed by atoms with E-state index in [0.717, 1.165) is 4.68 Å². The predicted molar refractivity (Wildman–Crippen MR) is 95.5 cm³/mol. The third-order valence-corrected chi connectivity index (χ3v) is 4.09. The van der Waals surface area contributed by atoms with Crippen LogP contribution < -0.4 is 5.73 Å². The molecule has 28 heavy (non-hydrogen) atoms. The van der Waals surface area contributed by atoms with Crippen LogP contribution in [0.1, 0.15) is 0 Å². The second-order valence-electron chi connectivity index (χ2n) is 5.73. The lowest BCUT2D eigenvalue weighted by Crippen LogP contribution is -2.12. The van der Waals surface area contributed by atoms with E-state index in [9.17, 15) is 4.79 Å². The highest BCUT2D eigenvalue weighted by atomic mass is 16.5. The third-order valence-electron chi connectivity index (χ3n) is 4.09. The maximum atomic E-state index is 11.7. The first-order valence-electron chi connectivity index (χ1n) is 8.02. The molecule has 0 atom stereocenters. The number of nitrogen functional groups attached to an aromatic ring is 1. The highest BCUT2D eigenvalue weighted by Gasteiger charge is 2.19. The predicted octanol–water partition coefficient (Wildman–Crippen LogP) is 1.41. The van der Waals surface area contributed by atoms with Crippen molar-refractivity contribution in [1.82, 2.24) is 40.0 Å². The molecule has 0 aliphatic carbocycles. The molecular weight excluding hydrogens is 366 g/mol. The standard InChI is InChI=1S/C16H11N9O3/c1-27-16(26)25-10-5-4-8(7-9(10)20-22-25)24-14-13(21-23-24)12(18-15(17)19-14)11-3-2-6-28-11/h2-7H,1H3,(H2,17,18,19). The van der Waals surface area contributed by atoms with Crippen molar-refractivity contribution >= 4 is 34.2 Å². The Morgan fingerprint density at radius 3 is 2.86 bits per heavy atom. The van der Waals surface area contributed by atoms with E-state index in [2.05, 4.69) is 35.3 Å². The molecule has 4 aromatic heterocycles. The fourth-order valence-corrected chi connectivity index (χ4v) is 2.86. The monoisotopic (exact) mass is 377 g/mol. The van der Waals surface area contributed by atoms with Crippen LogP contribution in [0.15, 0.2) is 41.0 Å². The minimum Gasteiger partial charge on any atom is -0.463 e. The summed E-state index contributed by atoms with van der Waals surface area (Å²) in [7, 11) is 1.27. The number of nitrogens with zero attached hydrogens (tertiary/aromatic N) is 8. The molecule has 0 saturated carbocycles. The molecule has 138 valence electrons. The first kappa shape index (κ1) is 15.9. The summed E-state index contributed by atoms with van der Waals surface area (Å²) in [5.74, 6) is 0.558. The fraction of sp³-hybridized carbons (Fsp3) is 0.0625. The lowest BCUT2D eigenvalue weighted by atomic mass is 10.2. The van der Waals surface area contributed by atoms with Crippen LogP contribution in [0.5, 0.6) is 0 Å². The van der Waals surface area contributed by atoms with Crippen LogP contribution in [0, 0.1) is 0 Å². The Balaban J connectivity index is 1.69. The van der Waals surface area contributed by atoms with Gasteiger partial charge in [0.15, 0.2) is 16.9 Å². The number of rotatable bonds is 2. The van der Waals surface area contributed by atoms with Gasteiger partial charge in [0.1, 0.15) is 16.7 Å². The van der Waals surface area contributed by atoms with E-state index in [1.165, 1.54) is 18.1 Å². The summed E-state index contributed by atoms with van der Waals surface area (Å²) in [4.78, 5) is 20.2. The van der Waals surface area contributed by atoms with Crippen LogP contribution in [-0.4, -0.2) is 53.2 Å². The van der Waals surface area contributed by atoms with Crippen molar-refractivity contribution in [3.63, 3.8) is 0 Å². The summed E-state index contributed by atoms with van der Waals surface area (Å²) in [6, 6.07) is 8.58. The average molecular weight is 377 g/mol. The van der Waals surface area contributed by atoms with E-state index >= 15 is 0 Å². The van der Waals surface area contributed by atoms with Crippen LogP contribution in [0.25, 0.3) is 39.3 Å². The fourth-order valence-electron chi connectivity index (χ4n) is 2.86. The number of carbonyl (C=O) groups is 1. The van der Waals surface area contributed by atoms with Crippen molar-refractivity contribution in [1.29, 1.82) is 0 Å². The van der Waals surface area contributed by atoms with Gasteiger partial charge < -0.3 is 14.9 Å². The van der Waals surface area contributed by atoms with Gasteiger partial charge in [0.05, 0.1) is 19.1 Å². The maximum Gasteiger partial charge on any atom is 0.436 e. The SMILES string of the molecule is COC(=O)n1nnc2cc(-n3nnc4c(-c5ccco5)nc(N)nc43)ccc21. The summed E-state index contributed by atoms with van der Waals surface area (Å²) in [5.41, 5.74) is 8.72. The minimum absolute atomic E-state index is 0.0557. The van der Waals surface area contributed by atoms with E-state index in [0.29, 0.717) is 39.3 Å². The van der Waals surface area contributed by atoms with Gasteiger partial charge in [0.25, 0.3) is 0 Å². The number of furan rings is 1. The Labute approximate surface area is 155 Å². The highest BCUT2D eigenvalue weighted by Crippen LogP contribution is 2.27. The lowest BCUT2D eigenvalue weighted by molar-refractivity contribution is 0.170. The first-order valence-corrected chi connectivity index (χ1v) is 8.02. The summed E-state index contributed by atoms with van der Waals surface area (Å²) >= 11 is 0. The van der Waals surface area contributed by atoms with Crippen molar-refractivity contribution in [2.75, 3.05) is 12.8 Å². The number of hydrogen-bond donors (Lipinski definition) is 1. The first-order chi connectivity index (χ1) is 13.7. The molecule has 0 amide bonds. The number of methoxy groups -OCH3 is 1. The van der Waals surface area contributed by atoms with E-state index in [4.69, 9.17) is 10.2 Å². The van der Waals surface area contributed by atoms with Gasteiger partial charge in [-0.15, -0.1) is 14.9 Å². The maximum absolute atomic E-state index is 11.7. The van der Waals surface area contributed by atoms with E-state index in [1.807, 2.05) is 0 Å². The summed E-state index contributed by atoms with van der Waals surface area (Å²) in [5, 5.41) is 16.1. The second-order valence-corrected chi connectivity index (χ2v) is 5.73. The summed E-state index contributed by atoms with van der Waals surface area (Å²) in [6.45, 7) is 0. The molecule has 12 heteroatoms. The third kappa shape index (κ3) is 2.28. The van der Waals surface area contributed by atoms with E-state index in [1.54, 1.807) is 30.3 Å². The topological polar surface area (TPSA) is 153 Å². The number of benzene rings is 1. The molecular formula is C16H11N9O3. The number of fused-ring (bicyclic) bond motifs is 2. The Morgan fingerprint density at radius 2 is 2.07 bits per heavy atom. The molecule has 4 heterocycles. The summed E-state index contributed by atoms with van der Waals surface area (Å²) in [6.07, 6.45) is 0.896. The average Bonchev–Trinajstić information content (AvgIpc) is 3.45. The van der Waals surface area contributed by atoms with Gasteiger partial charge in [0.2, 0.25) is 5.95 Å². The van der Waals surface area contributed by atoms with Crippen molar-refractivity contribution in [3.8, 4) is 17.1 Å². The van der Waals surface area contributed by atoms with Crippen LogP contribution >= 0.6 is 0 Å². The molecule has 0 fully saturated rings. The molecule has 5 rings (SSSR count). The Bertz CT molecular complexity index is 1340. The van der Waals surface area contributed by atoms with Gasteiger partial charge in [0, 0.05) is 0 Å². The second kappa shape index (κ2) is 5.84. The van der Waals surface area contributed by atoms with Gasteiger partial charge >= 0.3 is 6.09 Å². The number of carbonyl (C=O) groups excluding carboxylic acids is 1. The van der Waals surface area contributed by atoms with Gasteiger partial charge in [-0.2, -0.15) is 9.67 Å². The molecule has 0 aliphatic rings. The van der Waals surface area contributed by atoms with Crippen LogP contribution in [-0.2, 0) is 4.74 Å². The lowest BCUT2D eigenvalue weighted by Gasteiger charge is -2.04. The van der Waals surface area contributed by atoms with Gasteiger partial charge in [-0.1, -0.05) is 10.4 Å². The molecule has 0 aliphatic heterocycles. The van der Waals surface area contributed by atoms with Gasteiger partial charge in [-0.05, 0) is 30.3 Å². The Morgan fingerprint density at radius 1 is 1.18 bits per heavy atom. The molecule has 0 spiro atoms. The molecule has 0 bridgehead atoms. The molecule has 0 unspecified atom stereocenters. The van der Waals surface area contributed by atoms with Crippen LogP contribution in [0.4, 0.5) is 10.7 Å². The molecule has 2 N–H and O–H groups in total. The van der Waals surface area contributed by atoms with Crippen LogP contribution in [0.3, 0.4) is 0 Å². The van der Waals surface area contributed by atoms with Crippen molar-refractivity contribution in [2.24, 2.45) is 0 Å². The normalized spacial score (nSPS) is 11.3. The zero-order valence-corrected chi connectivity index (χ0v) is 14.3. The Hall–Kier alpha value is -4.35. The van der Waals surface area contributed by atoms with Gasteiger partial charge in [-0.25, -0.2) is 9.78 Å². The molecule has 1 aromatic carbocycles. The summed E-state index contributed by atoms with van der Waals surface area (Å²) < 4.78 is 12.6. The smallest absolute Gasteiger partial charge is 0.436 e. The van der Waals surface area contributed by atoms with Crippen LogP contribution in [0.2, 0.25) is 0 Å². The molecule has 12 nitrogen and oxygen atoms in total. The highest BCUT2D eigenvalue weighted by molar-refractivity contribution is 5.88. The number of ether oxygens (including phenoxy) is 1. The number of nitrogens with two attached hydrogens (primary N) is 1. The van der Waals surface area contributed by atoms with Crippen molar-refractivity contribution < 1.29 is 13.9 Å². The minimum atomic E-state index is -0.634. The molecule has 0 radical (unpaired) electrons. The quantitative estimate of drug-likeness (QED) is 0.477. The molecule has 0 saturated heterocycles. The largest absolute Gasteiger partial charge is 0.463 e. The zero-order valence-electron chi connectivity index (χ0n) is 14.3. The molecule has 5 aromatic rings. The zero-order chi connectivity index (χ0) is 19.3. The number of aromatic nitrogens is 8. The van der Waals surface area contributed by atoms with E-state index in [-0.39, 0.29) is 5.95 Å². The van der Waals surface area contributed by atoms with Crippen molar-refractivity contribution in [2.45, 2.75) is 0 Å². The number of hydrogen-bond acceptors (Lipinski definition) is 10. The van der Waals surface area contributed by atoms with E-state index < -0.39 is 6.09 Å². The van der Waals surface area contributed by atoms with Gasteiger partial charge in [-0.3, -0.25) is 0 Å². The Kier molecular flexibility index (Phi) is 3.31.